The van der Waals surface area contributed by atoms with Crippen molar-refractivity contribution in [1.82, 2.24) is 4.98 Å². The summed E-state index contributed by atoms with van der Waals surface area (Å²) in [6, 6.07) is 1.17. The predicted molar refractivity (Wildman–Crippen MR) is 75.4 cm³/mol. The highest BCUT2D eigenvalue weighted by molar-refractivity contribution is 5.88. The van der Waals surface area contributed by atoms with E-state index in [0.717, 1.165) is 12.3 Å². The van der Waals surface area contributed by atoms with Crippen LogP contribution in [-0.4, -0.2) is 22.6 Å². The van der Waals surface area contributed by atoms with E-state index >= 15 is 0 Å². The SMILES string of the molecule is CC1CCCC(CCNc2nccc(C(=O)O)c2F)C1. The minimum atomic E-state index is -1.27. The van der Waals surface area contributed by atoms with E-state index in [0.29, 0.717) is 12.5 Å². The molecule has 0 radical (unpaired) electrons. The van der Waals surface area contributed by atoms with Gasteiger partial charge in [0.2, 0.25) is 0 Å². The molecule has 0 bridgehead atoms. The molecule has 2 unspecified atom stereocenters. The molecule has 20 heavy (non-hydrogen) atoms. The molecule has 0 saturated heterocycles. The van der Waals surface area contributed by atoms with Crippen LogP contribution < -0.4 is 5.32 Å². The van der Waals surface area contributed by atoms with E-state index in [-0.39, 0.29) is 11.4 Å². The largest absolute Gasteiger partial charge is 0.478 e. The van der Waals surface area contributed by atoms with E-state index in [9.17, 15) is 9.18 Å². The summed E-state index contributed by atoms with van der Waals surface area (Å²) < 4.78 is 13.8. The van der Waals surface area contributed by atoms with Crippen molar-refractivity contribution >= 4 is 11.8 Å². The van der Waals surface area contributed by atoms with Crippen LogP contribution in [0, 0.1) is 17.7 Å². The summed E-state index contributed by atoms with van der Waals surface area (Å²) in [7, 11) is 0. The predicted octanol–water partition coefficient (Wildman–Crippen LogP) is 3.55. The average Bonchev–Trinajstić information content (AvgIpc) is 2.40. The lowest BCUT2D eigenvalue weighted by Gasteiger charge is -2.26. The highest BCUT2D eigenvalue weighted by atomic mass is 19.1. The van der Waals surface area contributed by atoms with Crippen molar-refractivity contribution in [3.8, 4) is 0 Å². The van der Waals surface area contributed by atoms with Gasteiger partial charge in [-0.3, -0.25) is 0 Å². The number of carboxylic acids is 1. The zero-order chi connectivity index (χ0) is 14.5. The monoisotopic (exact) mass is 280 g/mol. The molecule has 2 rings (SSSR count). The van der Waals surface area contributed by atoms with Crippen molar-refractivity contribution in [3.63, 3.8) is 0 Å². The van der Waals surface area contributed by atoms with Crippen LogP contribution in [0.5, 0.6) is 0 Å². The number of rotatable bonds is 5. The first kappa shape index (κ1) is 14.8. The number of hydrogen-bond donors (Lipinski definition) is 2. The third-order valence-electron chi connectivity index (χ3n) is 4.01. The van der Waals surface area contributed by atoms with Crippen molar-refractivity contribution in [2.24, 2.45) is 11.8 Å². The van der Waals surface area contributed by atoms with Gasteiger partial charge in [0, 0.05) is 12.7 Å². The van der Waals surface area contributed by atoms with Gasteiger partial charge in [0.25, 0.3) is 0 Å². The average molecular weight is 280 g/mol. The van der Waals surface area contributed by atoms with Gasteiger partial charge in [-0.15, -0.1) is 0 Å². The number of carboxylic acid groups (broad SMARTS) is 1. The molecular formula is C15H21FN2O2. The molecule has 1 aliphatic carbocycles. The van der Waals surface area contributed by atoms with Crippen molar-refractivity contribution in [2.45, 2.75) is 39.0 Å². The maximum Gasteiger partial charge on any atom is 0.338 e. The molecule has 2 N–H and O–H groups in total. The molecule has 110 valence electrons. The Hall–Kier alpha value is -1.65. The number of anilines is 1. The normalized spacial score (nSPS) is 22.5. The number of nitrogens with one attached hydrogen (secondary N) is 1. The van der Waals surface area contributed by atoms with Crippen LogP contribution in [-0.2, 0) is 0 Å². The molecule has 1 aromatic rings. The van der Waals surface area contributed by atoms with Gasteiger partial charge in [-0.2, -0.15) is 0 Å². The van der Waals surface area contributed by atoms with Crippen molar-refractivity contribution < 1.29 is 14.3 Å². The number of carbonyl (C=O) groups is 1. The molecule has 1 aliphatic rings. The number of nitrogens with zero attached hydrogens (tertiary/aromatic N) is 1. The molecule has 1 fully saturated rings. The molecule has 2 atom stereocenters. The smallest absolute Gasteiger partial charge is 0.338 e. The van der Waals surface area contributed by atoms with Gasteiger partial charge in [0.05, 0.1) is 0 Å². The van der Waals surface area contributed by atoms with Gasteiger partial charge in [-0.25, -0.2) is 14.2 Å². The Balaban J connectivity index is 1.88. The second-order valence-corrected chi connectivity index (χ2v) is 5.68. The second kappa shape index (κ2) is 6.68. The maximum absolute atomic E-state index is 13.8. The minimum absolute atomic E-state index is 0.0359. The minimum Gasteiger partial charge on any atom is -0.478 e. The molecule has 0 spiro atoms. The van der Waals surface area contributed by atoms with Crippen LogP contribution >= 0.6 is 0 Å². The van der Waals surface area contributed by atoms with Crippen LogP contribution in [0.15, 0.2) is 12.3 Å². The van der Waals surface area contributed by atoms with E-state index in [2.05, 4.69) is 17.2 Å². The first-order chi connectivity index (χ1) is 9.58. The Bertz CT molecular complexity index is 479. The molecule has 1 heterocycles. The first-order valence-corrected chi connectivity index (χ1v) is 7.19. The van der Waals surface area contributed by atoms with Crippen LogP contribution in [0.1, 0.15) is 49.4 Å². The second-order valence-electron chi connectivity index (χ2n) is 5.68. The summed E-state index contributed by atoms with van der Waals surface area (Å²) in [6.45, 7) is 2.90. The van der Waals surface area contributed by atoms with Crippen LogP contribution in [0.4, 0.5) is 10.2 Å². The fraction of sp³-hybridized carbons (Fsp3) is 0.600. The van der Waals surface area contributed by atoms with Gasteiger partial charge in [-0.1, -0.05) is 26.2 Å². The zero-order valence-corrected chi connectivity index (χ0v) is 11.7. The third kappa shape index (κ3) is 3.68. The molecule has 1 aromatic heterocycles. The Kier molecular flexibility index (Phi) is 4.93. The molecule has 0 aromatic carbocycles. The molecular weight excluding hydrogens is 259 g/mol. The van der Waals surface area contributed by atoms with Gasteiger partial charge >= 0.3 is 5.97 Å². The highest BCUT2D eigenvalue weighted by Crippen LogP contribution is 2.30. The summed E-state index contributed by atoms with van der Waals surface area (Å²) in [5.74, 6) is -0.559. The van der Waals surface area contributed by atoms with E-state index in [1.165, 1.54) is 37.9 Å². The summed E-state index contributed by atoms with van der Waals surface area (Å²) in [4.78, 5) is 14.7. The van der Waals surface area contributed by atoms with Crippen molar-refractivity contribution in [3.05, 3.63) is 23.6 Å². The van der Waals surface area contributed by atoms with E-state index in [4.69, 9.17) is 5.11 Å². The Morgan fingerprint density at radius 1 is 1.55 bits per heavy atom. The lowest BCUT2D eigenvalue weighted by Crippen LogP contribution is -2.17. The Morgan fingerprint density at radius 2 is 2.35 bits per heavy atom. The van der Waals surface area contributed by atoms with Crippen LogP contribution in [0.3, 0.4) is 0 Å². The number of aromatic nitrogens is 1. The lowest BCUT2D eigenvalue weighted by atomic mass is 9.81. The number of halogens is 1. The van der Waals surface area contributed by atoms with Crippen LogP contribution in [0.25, 0.3) is 0 Å². The summed E-state index contributed by atoms with van der Waals surface area (Å²) in [5.41, 5.74) is -0.339. The highest BCUT2D eigenvalue weighted by Gasteiger charge is 2.19. The fourth-order valence-corrected chi connectivity index (χ4v) is 2.95. The number of hydrogen-bond acceptors (Lipinski definition) is 3. The summed E-state index contributed by atoms with van der Waals surface area (Å²) >= 11 is 0. The number of pyridine rings is 1. The summed E-state index contributed by atoms with van der Waals surface area (Å²) in [6.07, 6.45) is 7.33. The molecule has 0 aliphatic heterocycles. The van der Waals surface area contributed by atoms with E-state index in [1.54, 1.807) is 0 Å². The van der Waals surface area contributed by atoms with Gasteiger partial charge in [-0.05, 0) is 30.7 Å². The maximum atomic E-state index is 13.8. The fourth-order valence-electron chi connectivity index (χ4n) is 2.95. The van der Waals surface area contributed by atoms with Gasteiger partial charge in [0.15, 0.2) is 11.6 Å². The Labute approximate surface area is 118 Å². The summed E-state index contributed by atoms with van der Waals surface area (Å²) in [5, 5.41) is 11.8. The van der Waals surface area contributed by atoms with Gasteiger partial charge < -0.3 is 10.4 Å². The third-order valence-corrected chi connectivity index (χ3v) is 4.01. The standard InChI is InChI=1S/C15H21FN2O2/c1-10-3-2-4-11(9-10)5-7-17-14-13(16)12(15(19)20)6-8-18-14/h6,8,10-11H,2-5,7,9H2,1H3,(H,17,18)(H,19,20). The van der Waals surface area contributed by atoms with Crippen molar-refractivity contribution in [2.75, 3.05) is 11.9 Å². The first-order valence-electron chi connectivity index (χ1n) is 7.19. The Morgan fingerprint density at radius 3 is 3.05 bits per heavy atom. The number of aromatic carboxylic acids is 1. The zero-order valence-electron chi connectivity index (χ0n) is 11.7. The van der Waals surface area contributed by atoms with Crippen LogP contribution in [0.2, 0.25) is 0 Å². The van der Waals surface area contributed by atoms with Gasteiger partial charge in [0.1, 0.15) is 5.56 Å². The molecule has 4 nitrogen and oxygen atoms in total. The van der Waals surface area contributed by atoms with E-state index < -0.39 is 11.8 Å². The topological polar surface area (TPSA) is 62.2 Å². The lowest BCUT2D eigenvalue weighted by molar-refractivity contribution is 0.0692. The molecule has 0 amide bonds. The molecule has 1 saturated carbocycles. The quantitative estimate of drug-likeness (QED) is 0.866. The van der Waals surface area contributed by atoms with Crippen molar-refractivity contribution in [1.29, 1.82) is 0 Å². The van der Waals surface area contributed by atoms with E-state index in [1.807, 2.05) is 0 Å². The molecule has 5 heteroatoms.